The summed E-state index contributed by atoms with van der Waals surface area (Å²) >= 11 is 5.64. The Kier molecular flexibility index (Phi) is 11.9. The smallest absolute Gasteiger partial charge is 0.418 e. The van der Waals surface area contributed by atoms with Gasteiger partial charge in [-0.25, -0.2) is 12.1 Å². The Balaban J connectivity index is 0. The van der Waals surface area contributed by atoms with Gasteiger partial charge in [-0.2, -0.15) is 18.2 Å². The number of hydrogen-bond acceptors (Lipinski definition) is 0. The summed E-state index contributed by atoms with van der Waals surface area (Å²) in [7, 11) is -6.00. The normalized spacial score (nSPS) is 9.16. The van der Waals surface area contributed by atoms with Crippen molar-refractivity contribution in [1.29, 1.82) is 0 Å². The second-order valence-corrected chi connectivity index (χ2v) is 3.69. The SMILES string of the molecule is Cc1cccc(Cl)c1.F[B-](F)(F)F.[Fe].c1cc[cH-]c1. The molecule has 0 spiro atoms. The van der Waals surface area contributed by atoms with Crippen molar-refractivity contribution < 1.29 is 34.3 Å². The van der Waals surface area contributed by atoms with E-state index in [1.807, 2.05) is 61.5 Å². The first kappa shape index (κ1) is 20.5. The van der Waals surface area contributed by atoms with Gasteiger partial charge in [-0.05, 0) is 24.6 Å². The molecule has 0 nitrogen and oxygen atoms in total. The average molecular weight is 334 g/mol. The van der Waals surface area contributed by atoms with Crippen LogP contribution in [0.1, 0.15) is 5.56 Å². The molecule has 0 aliphatic heterocycles. The molecule has 0 heterocycles. The van der Waals surface area contributed by atoms with E-state index in [9.17, 15) is 17.3 Å². The molecule has 0 N–H and O–H groups in total. The average Bonchev–Trinajstić information content (AvgIpc) is 2.71. The van der Waals surface area contributed by atoms with Crippen LogP contribution < -0.4 is 0 Å². The number of rotatable bonds is 0. The summed E-state index contributed by atoms with van der Waals surface area (Å²) in [5.41, 5.74) is 1.21. The fraction of sp³-hybridized carbons (Fsp3) is 0.0833. The van der Waals surface area contributed by atoms with E-state index in [0.717, 1.165) is 5.02 Å². The first-order valence-electron chi connectivity index (χ1n) is 5.05. The van der Waals surface area contributed by atoms with Gasteiger partial charge in [0.25, 0.3) is 0 Å². The van der Waals surface area contributed by atoms with Crippen LogP contribution in [0, 0.1) is 6.92 Å². The molecule has 0 aliphatic rings. The van der Waals surface area contributed by atoms with Gasteiger partial charge in [0.05, 0.1) is 0 Å². The van der Waals surface area contributed by atoms with Gasteiger partial charge >= 0.3 is 7.25 Å². The fourth-order valence-corrected chi connectivity index (χ4v) is 1.17. The zero-order valence-electron chi connectivity index (χ0n) is 10.0. The molecule has 0 saturated carbocycles. The molecular formula is C12H12BClF4Fe-2. The van der Waals surface area contributed by atoms with Crippen molar-refractivity contribution in [2.45, 2.75) is 6.92 Å². The van der Waals surface area contributed by atoms with Crippen LogP contribution in [0.2, 0.25) is 5.02 Å². The summed E-state index contributed by atoms with van der Waals surface area (Å²) in [6, 6.07) is 17.8. The van der Waals surface area contributed by atoms with E-state index in [0.29, 0.717) is 0 Å². The minimum atomic E-state index is -6.00. The molecule has 0 bridgehead atoms. The van der Waals surface area contributed by atoms with Crippen LogP contribution in [0.4, 0.5) is 17.3 Å². The van der Waals surface area contributed by atoms with Crippen LogP contribution in [0.25, 0.3) is 0 Å². The Morgan fingerprint density at radius 1 is 1.00 bits per heavy atom. The topological polar surface area (TPSA) is 0 Å². The zero-order chi connectivity index (χ0) is 14.0. The molecule has 108 valence electrons. The van der Waals surface area contributed by atoms with Crippen LogP contribution in [-0.2, 0) is 17.1 Å². The minimum absolute atomic E-state index is 0. The van der Waals surface area contributed by atoms with Crippen molar-refractivity contribution in [3.8, 4) is 0 Å². The summed E-state index contributed by atoms with van der Waals surface area (Å²) in [6.45, 7) is 2.02. The van der Waals surface area contributed by atoms with E-state index < -0.39 is 7.25 Å². The van der Waals surface area contributed by atoms with Gasteiger partial charge in [-0.1, -0.05) is 23.7 Å². The van der Waals surface area contributed by atoms with Crippen LogP contribution in [-0.4, -0.2) is 7.25 Å². The van der Waals surface area contributed by atoms with Gasteiger partial charge in [0.15, 0.2) is 0 Å². The number of hydrogen-bond donors (Lipinski definition) is 0. The van der Waals surface area contributed by atoms with E-state index in [-0.39, 0.29) is 17.1 Å². The predicted molar refractivity (Wildman–Crippen MR) is 68.4 cm³/mol. The summed E-state index contributed by atoms with van der Waals surface area (Å²) < 4.78 is 39.0. The molecule has 0 aliphatic carbocycles. The van der Waals surface area contributed by atoms with Crippen molar-refractivity contribution in [3.05, 3.63) is 65.2 Å². The minimum Gasteiger partial charge on any atom is -0.418 e. The molecular weight excluding hydrogens is 322 g/mol. The molecule has 2 aromatic rings. The summed E-state index contributed by atoms with van der Waals surface area (Å²) in [5, 5.41) is 0.810. The monoisotopic (exact) mass is 334 g/mol. The standard InChI is InChI=1S/C7H7Cl.C5H5.BF4.Fe/c1-6-3-2-4-7(8)5-6;1-2-4-5-3-1;2-1(3,4)5;/h2-5H,1H3;1-5H;;/q;2*-1;. The maximum Gasteiger partial charge on any atom is 0.673 e. The Labute approximate surface area is 125 Å². The molecule has 0 fully saturated rings. The first-order chi connectivity index (χ1) is 8.29. The third-order valence-corrected chi connectivity index (χ3v) is 1.77. The van der Waals surface area contributed by atoms with E-state index in [4.69, 9.17) is 11.6 Å². The summed E-state index contributed by atoms with van der Waals surface area (Å²) in [4.78, 5) is 0. The molecule has 0 radical (unpaired) electrons. The van der Waals surface area contributed by atoms with Crippen molar-refractivity contribution in [2.75, 3.05) is 0 Å². The molecule has 0 unspecified atom stereocenters. The molecule has 2 rings (SSSR count). The zero-order valence-corrected chi connectivity index (χ0v) is 11.9. The molecule has 7 heteroatoms. The summed E-state index contributed by atoms with van der Waals surface area (Å²) in [6.07, 6.45) is 0. The number of benzene rings is 1. The van der Waals surface area contributed by atoms with Crippen molar-refractivity contribution in [2.24, 2.45) is 0 Å². The van der Waals surface area contributed by atoms with E-state index in [1.165, 1.54) is 5.56 Å². The van der Waals surface area contributed by atoms with Gasteiger partial charge < -0.3 is 17.3 Å². The van der Waals surface area contributed by atoms with Crippen LogP contribution in [0.15, 0.2) is 54.6 Å². The third kappa shape index (κ3) is 19.7. The maximum atomic E-state index is 9.75. The molecule has 2 aromatic carbocycles. The Morgan fingerprint density at radius 2 is 1.47 bits per heavy atom. The quantitative estimate of drug-likeness (QED) is 0.346. The Bertz CT molecular complexity index is 377. The van der Waals surface area contributed by atoms with E-state index in [1.54, 1.807) is 0 Å². The Morgan fingerprint density at radius 3 is 1.68 bits per heavy atom. The number of halogens is 5. The van der Waals surface area contributed by atoms with Crippen molar-refractivity contribution in [1.82, 2.24) is 0 Å². The van der Waals surface area contributed by atoms with Crippen LogP contribution in [0.3, 0.4) is 0 Å². The maximum absolute atomic E-state index is 9.75. The summed E-state index contributed by atoms with van der Waals surface area (Å²) in [5.74, 6) is 0. The molecule has 19 heavy (non-hydrogen) atoms. The van der Waals surface area contributed by atoms with Gasteiger partial charge in [0.2, 0.25) is 0 Å². The van der Waals surface area contributed by atoms with Gasteiger partial charge in [-0.15, -0.1) is 0 Å². The van der Waals surface area contributed by atoms with Crippen LogP contribution in [0.5, 0.6) is 0 Å². The molecule has 0 aromatic heterocycles. The van der Waals surface area contributed by atoms with Crippen molar-refractivity contribution >= 4 is 18.9 Å². The fourth-order valence-electron chi connectivity index (χ4n) is 0.926. The molecule has 0 atom stereocenters. The predicted octanol–water partition coefficient (Wildman–Crippen LogP) is 5.35. The van der Waals surface area contributed by atoms with E-state index in [2.05, 4.69) is 0 Å². The largest absolute Gasteiger partial charge is 0.673 e. The van der Waals surface area contributed by atoms with Gasteiger partial charge in [-0.3, -0.25) is 0 Å². The third-order valence-electron chi connectivity index (χ3n) is 1.54. The Hall–Kier alpha value is -0.836. The van der Waals surface area contributed by atoms with Crippen LogP contribution >= 0.6 is 11.6 Å². The second-order valence-electron chi connectivity index (χ2n) is 3.26. The van der Waals surface area contributed by atoms with Gasteiger partial charge in [0, 0.05) is 22.1 Å². The number of aryl methyl sites for hydroxylation is 1. The van der Waals surface area contributed by atoms with E-state index >= 15 is 0 Å². The molecule has 0 saturated heterocycles. The van der Waals surface area contributed by atoms with Crippen molar-refractivity contribution in [3.63, 3.8) is 0 Å². The second kappa shape index (κ2) is 11.0. The molecule has 0 amide bonds. The van der Waals surface area contributed by atoms with Gasteiger partial charge in [0.1, 0.15) is 0 Å². The first-order valence-corrected chi connectivity index (χ1v) is 5.43.